The molecule has 19 heavy (non-hydrogen) atoms. The number of amides is 2. The van der Waals surface area contributed by atoms with E-state index in [1.165, 1.54) is 29.4 Å². The average molecular weight is 297 g/mol. The van der Waals surface area contributed by atoms with Crippen LogP contribution in [0.25, 0.3) is 10.2 Å². The number of nitrogens with zero attached hydrogens (tertiary/aromatic N) is 2. The predicted molar refractivity (Wildman–Crippen MR) is 73.3 cm³/mol. The van der Waals surface area contributed by atoms with Crippen molar-refractivity contribution in [2.45, 2.75) is 11.9 Å². The first-order chi connectivity index (χ1) is 9.20. The Kier molecular flexibility index (Phi) is 4.69. The maximum Gasteiger partial charge on any atom is 0.413 e. The molecular weight excluding hydrogens is 286 g/mol. The van der Waals surface area contributed by atoms with Crippen LogP contribution in [0.5, 0.6) is 0 Å². The fourth-order valence-corrected chi connectivity index (χ4v) is 3.07. The van der Waals surface area contributed by atoms with Crippen LogP contribution >= 0.6 is 23.1 Å². The van der Waals surface area contributed by atoms with Crippen LogP contribution in [-0.2, 0) is 9.53 Å². The zero-order valence-electron chi connectivity index (χ0n) is 10.1. The first-order valence-electron chi connectivity index (χ1n) is 5.48. The molecule has 0 saturated carbocycles. The number of aromatic nitrogens is 2. The van der Waals surface area contributed by atoms with Gasteiger partial charge in [0.2, 0.25) is 5.91 Å². The minimum absolute atomic E-state index is 0.100. The Labute approximate surface area is 117 Å². The van der Waals surface area contributed by atoms with E-state index in [2.05, 4.69) is 20.0 Å². The number of imide groups is 1. The molecule has 0 aliphatic heterocycles. The summed E-state index contributed by atoms with van der Waals surface area (Å²) in [4.78, 5) is 30.8. The molecule has 0 spiro atoms. The molecule has 2 aromatic heterocycles. The summed E-state index contributed by atoms with van der Waals surface area (Å²) in [7, 11) is 0. The molecule has 2 rings (SSSR count). The van der Waals surface area contributed by atoms with Gasteiger partial charge in [-0.05, 0) is 18.4 Å². The van der Waals surface area contributed by atoms with Crippen molar-refractivity contribution in [3.05, 3.63) is 17.8 Å². The van der Waals surface area contributed by atoms with Gasteiger partial charge < -0.3 is 4.74 Å². The van der Waals surface area contributed by atoms with Crippen LogP contribution in [0.3, 0.4) is 0 Å². The summed E-state index contributed by atoms with van der Waals surface area (Å²) in [5, 5.41) is 4.79. The number of carbonyl (C=O) groups excluding carboxylic acids is 2. The van der Waals surface area contributed by atoms with Gasteiger partial charge in [0.15, 0.2) is 0 Å². The summed E-state index contributed by atoms with van der Waals surface area (Å²) in [6, 6.07) is 1.89. The highest BCUT2D eigenvalue weighted by molar-refractivity contribution is 8.00. The molecule has 0 fully saturated rings. The zero-order valence-corrected chi connectivity index (χ0v) is 11.7. The molecule has 0 aliphatic carbocycles. The second-order valence-electron chi connectivity index (χ2n) is 3.37. The lowest BCUT2D eigenvalue weighted by Crippen LogP contribution is -2.32. The van der Waals surface area contributed by atoms with Gasteiger partial charge >= 0.3 is 6.09 Å². The van der Waals surface area contributed by atoms with Crippen molar-refractivity contribution in [3.63, 3.8) is 0 Å². The second kappa shape index (κ2) is 6.48. The third kappa shape index (κ3) is 3.65. The van der Waals surface area contributed by atoms with Crippen molar-refractivity contribution >= 4 is 45.3 Å². The molecule has 0 saturated heterocycles. The standard InChI is InChI=1S/C11H11N3O3S2/c1-2-17-11(16)14-8(15)5-19-10-9-7(3-4-18-9)12-6-13-10/h3-4,6H,2,5H2,1H3,(H,14,15,16). The van der Waals surface area contributed by atoms with E-state index in [0.29, 0.717) is 0 Å². The van der Waals surface area contributed by atoms with Crippen LogP contribution in [0.2, 0.25) is 0 Å². The monoisotopic (exact) mass is 297 g/mol. The number of fused-ring (bicyclic) bond motifs is 1. The van der Waals surface area contributed by atoms with Gasteiger partial charge in [0.05, 0.1) is 22.6 Å². The highest BCUT2D eigenvalue weighted by Crippen LogP contribution is 2.28. The molecule has 2 heterocycles. The Bertz CT molecular complexity index is 600. The quantitative estimate of drug-likeness (QED) is 0.687. The smallest absolute Gasteiger partial charge is 0.413 e. The summed E-state index contributed by atoms with van der Waals surface area (Å²) < 4.78 is 5.56. The highest BCUT2D eigenvalue weighted by atomic mass is 32.2. The van der Waals surface area contributed by atoms with Crippen LogP contribution < -0.4 is 5.32 Å². The van der Waals surface area contributed by atoms with Gasteiger partial charge in [-0.3, -0.25) is 10.1 Å². The molecule has 0 aromatic carbocycles. The summed E-state index contributed by atoms with van der Waals surface area (Å²) in [5.41, 5.74) is 0.855. The van der Waals surface area contributed by atoms with Gasteiger partial charge in [-0.1, -0.05) is 11.8 Å². The van der Waals surface area contributed by atoms with E-state index in [1.54, 1.807) is 6.92 Å². The molecule has 0 unspecified atom stereocenters. The largest absolute Gasteiger partial charge is 0.450 e. The number of hydrogen-bond acceptors (Lipinski definition) is 7. The molecule has 1 N–H and O–H groups in total. The van der Waals surface area contributed by atoms with Crippen LogP contribution in [-0.4, -0.2) is 34.3 Å². The molecule has 2 amide bonds. The number of carbonyl (C=O) groups is 2. The minimum atomic E-state index is -0.725. The van der Waals surface area contributed by atoms with Crippen molar-refractivity contribution in [2.75, 3.05) is 12.4 Å². The molecular formula is C11H11N3O3S2. The van der Waals surface area contributed by atoms with Crippen LogP contribution in [0, 0.1) is 0 Å². The third-order valence-electron chi connectivity index (χ3n) is 2.07. The average Bonchev–Trinajstić information content (AvgIpc) is 2.85. The number of alkyl carbamates (subject to hydrolysis) is 1. The lowest BCUT2D eigenvalue weighted by molar-refractivity contribution is -0.117. The molecule has 0 atom stereocenters. The Morgan fingerprint density at radius 1 is 1.47 bits per heavy atom. The lowest BCUT2D eigenvalue weighted by atomic mass is 10.5. The van der Waals surface area contributed by atoms with E-state index < -0.39 is 12.0 Å². The number of thiophene rings is 1. The SMILES string of the molecule is CCOC(=O)NC(=O)CSc1ncnc2ccsc12. The molecule has 8 heteroatoms. The molecule has 100 valence electrons. The maximum absolute atomic E-state index is 11.5. The first-order valence-corrected chi connectivity index (χ1v) is 7.35. The number of nitrogens with one attached hydrogen (secondary N) is 1. The van der Waals surface area contributed by atoms with Crippen molar-refractivity contribution in [1.29, 1.82) is 0 Å². The van der Waals surface area contributed by atoms with Gasteiger partial charge in [-0.15, -0.1) is 11.3 Å². The summed E-state index contributed by atoms with van der Waals surface area (Å²) in [6.07, 6.45) is 0.734. The predicted octanol–water partition coefficient (Wildman–Crippen LogP) is 2.06. The molecule has 2 aromatic rings. The van der Waals surface area contributed by atoms with E-state index in [0.717, 1.165) is 15.2 Å². The molecule has 0 radical (unpaired) electrons. The Balaban J connectivity index is 1.93. The number of ether oxygens (including phenoxy) is 1. The zero-order chi connectivity index (χ0) is 13.7. The van der Waals surface area contributed by atoms with E-state index in [-0.39, 0.29) is 12.4 Å². The minimum Gasteiger partial charge on any atom is -0.450 e. The van der Waals surface area contributed by atoms with E-state index >= 15 is 0 Å². The maximum atomic E-state index is 11.5. The van der Waals surface area contributed by atoms with Crippen LogP contribution in [0.1, 0.15) is 6.92 Å². The van der Waals surface area contributed by atoms with E-state index in [9.17, 15) is 9.59 Å². The first kappa shape index (κ1) is 13.8. The molecule has 6 nitrogen and oxygen atoms in total. The number of thioether (sulfide) groups is 1. The van der Waals surface area contributed by atoms with Crippen LogP contribution in [0.15, 0.2) is 22.8 Å². The highest BCUT2D eigenvalue weighted by Gasteiger charge is 2.11. The lowest BCUT2D eigenvalue weighted by Gasteiger charge is -2.04. The number of rotatable bonds is 4. The number of hydrogen-bond donors (Lipinski definition) is 1. The second-order valence-corrected chi connectivity index (χ2v) is 5.25. The Hall–Kier alpha value is -1.67. The summed E-state index contributed by atoms with van der Waals surface area (Å²) in [5.74, 6) is -0.310. The van der Waals surface area contributed by atoms with E-state index in [4.69, 9.17) is 0 Å². The van der Waals surface area contributed by atoms with Gasteiger partial charge in [0, 0.05) is 0 Å². The van der Waals surface area contributed by atoms with Crippen molar-refractivity contribution in [1.82, 2.24) is 15.3 Å². The fraction of sp³-hybridized carbons (Fsp3) is 0.273. The van der Waals surface area contributed by atoms with Crippen molar-refractivity contribution in [2.24, 2.45) is 0 Å². The summed E-state index contributed by atoms with van der Waals surface area (Å²) in [6.45, 7) is 1.90. The topological polar surface area (TPSA) is 81.2 Å². The third-order valence-corrected chi connectivity index (χ3v) is 4.10. The van der Waals surface area contributed by atoms with Gasteiger partial charge in [-0.2, -0.15) is 0 Å². The van der Waals surface area contributed by atoms with Gasteiger partial charge in [-0.25, -0.2) is 14.8 Å². The van der Waals surface area contributed by atoms with Crippen molar-refractivity contribution < 1.29 is 14.3 Å². The van der Waals surface area contributed by atoms with Crippen LogP contribution in [0.4, 0.5) is 4.79 Å². The fourth-order valence-electron chi connectivity index (χ4n) is 1.32. The Morgan fingerprint density at radius 3 is 3.11 bits per heavy atom. The van der Waals surface area contributed by atoms with E-state index in [1.807, 2.05) is 11.4 Å². The normalized spacial score (nSPS) is 10.4. The Morgan fingerprint density at radius 2 is 2.32 bits per heavy atom. The summed E-state index contributed by atoms with van der Waals surface area (Å²) >= 11 is 2.78. The van der Waals surface area contributed by atoms with Gasteiger partial charge in [0.1, 0.15) is 11.4 Å². The molecule has 0 bridgehead atoms. The van der Waals surface area contributed by atoms with Gasteiger partial charge in [0.25, 0.3) is 0 Å². The molecule has 0 aliphatic rings. The van der Waals surface area contributed by atoms with Crippen molar-refractivity contribution in [3.8, 4) is 0 Å².